The minimum atomic E-state index is -0.496. The van der Waals surface area contributed by atoms with Crippen molar-refractivity contribution < 1.29 is 18.7 Å². The predicted molar refractivity (Wildman–Crippen MR) is 78.3 cm³/mol. The molecule has 0 aliphatic rings. The second-order valence-electron chi connectivity index (χ2n) is 4.42. The number of amides is 1. The van der Waals surface area contributed by atoms with E-state index in [0.29, 0.717) is 0 Å². The molecule has 0 saturated heterocycles. The summed E-state index contributed by atoms with van der Waals surface area (Å²) >= 11 is 1.16. The van der Waals surface area contributed by atoms with Crippen LogP contribution >= 0.6 is 11.8 Å². The van der Waals surface area contributed by atoms with Gasteiger partial charge < -0.3 is 10.1 Å². The van der Waals surface area contributed by atoms with Crippen LogP contribution in [0.3, 0.4) is 0 Å². The molecular weight excluding hydrogens is 281 g/mol. The normalized spacial score (nSPS) is 13.4. The van der Waals surface area contributed by atoms with Gasteiger partial charge in [-0.25, -0.2) is 4.39 Å². The van der Waals surface area contributed by atoms with Crippen LogP contribution in [0.2, 0.25) is 0 Å². The average Bonchev–Trinajstić information content (AvgIpc) is 2.40. The van der Waals surface area contributed by atoms with Crippen molar-refractivity contribution in [2.24, 2.45) is 0 Å². The molecule has 0 saturated carbocycles. The number of benzene rings is 1. The summed E-state index contributed by atoms with van der Waals surface area (Å²) in [5.41, 5.74) is 0.918. The van der Waals surface area contributed by atoms with Gasteiger partial charge in [0.2, 0.25) is 5.91 Å². The molecular formula is C14H18FNO3S. The van der Waals surface area contributed by atoms with Crippen molar-refractivity contribution in [3.05, 3.63) is 29.6 Å². The number of aryl methyl sites for hydroxylation is 1. The Labute approximate surface area is 122 Å². The van der Waals surface area contributed by atoms with Crippen LogP contribution in [0.5, 0.6) is 0 Å². The molecule has 1 N–H and O–H groups in total. The van der Waals surface area contributed by atoms with Gasteiger partial charge in [0.25, 0.3) is 0 Å². The number of hydrogen-bond donors (Lipinski definition) is 1. The number of carbonyl (C=O) groups excluding carboxylic acids is 2. The Balaban J connectivity index is 2.64. The van der Waals surface area contributed by atoms with Crippen molar-refractivity contribution in [1.82, 2.24) is 0 Å². The zero-order chi connectivity index (χ0) is 15.3. The van der Waals surface area contributed by atoms with E-state index in [4.69, 9.17) is 0 Å². The van der Waals surface area contributed by atoms with Gasteiger partial charge in [-0.15, -0.1) is 11.8 Å². The van der Waals surface area contributed by atoms with Crippen LogP contribution in [0, 0.1) is 12.7 Å². The molecule has 110 valence electrons. The number of esters is 1. The lowest BCUT2D eigenvalue weighted by Crippen LogP contribution is -2.27. The molecule has 2 atom stereocenters. The van der Waals surface area contributed by atoms with Crippen LogP contribution in [0.15, 0.2) is 18.2 Å². The average molecular weight is 299 g/mol. The molecule has 1 rings (SSSR count). The fraction of sp³-hybridized carbons (Fsp3) is 0.429. The molecule has 4 nitrogen and oxygen atoms in total. The third-order valence-corrected chi connectivity index (χ3v) is 3.92. The Bertz CT molecular complexity index is 507. The molecule has 0 heterocycles. The first kappa shape index (κ1) is 16.5. The molecule has 0 spiro atoms. The zero-order valence-electron chi connectivity index (χ0n) is 11.9. The maximum Gasteiger partial charge on any atom is 0.318 e. The van der Waals surface area contributed by atoms with Gasteiger partial charge in [0.05, 0.1) is 18.0 Å². The summed E-state index contributed by atoms with van der Waals surface area (Å²) in [6, 6.07) is 4.59. The van der Waals surface area contributed by atoms with Crippen LogP contribution in [0.4, 0.5) is 10.1 Å². The number of nitrogens with one attached hydrogen (secondary N) is 1. The van der Waals surface area contributed by atoms with Gasteiger partial charge in [-0.3, -0.25) is 9.59 Å². The maximum absolute atomic E-state index is 13.6. The predicted octanol–water partition coefficient (Wildman–Crippen LogP) is 2.76. The first-order valence-electron chi connectivity index (χ1n) is 6.15. The van der Waals surface area contributed by atoms with Crippen LogP contribution in [-0.2, 0) is 14.3 Å². The Morgan fingerprint density at radius 3 is 2.50 bits per heavy atom. The molecule has 6 heteroatoms. The van der Waals surface area contributed by atoms with Gasteiger partial charge in [-0.05, 0) is 38.5 Å². The van der Waals surface area contributed by atoms with Gasteiger partial charge in [0.1, 0.15) is 11.1 Å². The van der Waals surface area contributed by atoms with E-state index in [2.05, 4.69) is 10.1 Å². The fourth-order valence-corrected chi connectivity index (χ4v) is 2.55. The number of rotatable bonds is 5. The van der Waals surface area contributed by atoms with Crippen LogP contribution < -0.4 is 5.32 Å². The van der Waals surface area contributed by atoms with Crippen molar-refractivity contribution in [3.8, 4) is 0 Å². The molecule has 1 amide bonds. The maximum atomic E-state index is 13.6. The zero-order valence-corrected chi connectivity index (χ0v) is 12.7. The molecule has 0 aromatic heterocycles. The van der Waals surface area contributed by atoms with Crippen molar-refractivity contribution in [2.75, 3.05) is 12.4 Å². The van der Waals surface area contributed by atoms with Crippen LogP contribution in [-0.4, -0.2) is 29.5 Å². The largest absolute Gasteiger partial charge is 0.468 e. The van der Waals surface area contributed by atoms with Gasteiger partial charge in [-0.2, -0.15) is 0 Å². The summed E-state index contributed by atoms with van der Waals surface area (Å²) < 4.78 is 18.2. The number of hydrogen-bond acceptors (Lipinski definition) is 4. The fourth-order valence-electron chi connectivity index (χ4n) is 1.55. The summed E-state index contributed by atoms with van der Waals surface area (Å²) in [5, 5.41) is 1.56. The van der Waals surface area contributed by atoms with E-state index in [1.165, 1.54) is 19.2 Å². The number of halogens is 1. The first-order chi connectivity index (χ1) is 9.35. The standard InChI is InChI=1S/C14H18FNO3S/c1-8-5-6-12(11(15)7-8)16-13(17)9(2)20-10(3)14(18)19-4/h5-7,9-10H,1-4H3,(H,16,17). The van der Waals surface area contributed by atoms with E-state index in [1.54, 1.807) is 26.8 Å². The number of thioether (sulfide) groups is 1. The smallest absolute Gasteiger partial charge is 0.318 e. The highest BCUT2D eigenvalue weighted by molar-refractivity contribution is 8.01. The molecule has 0 bridgehead atoms. The van der Waals surface area contributed by atoms with Crippen molar-refractivity contribution in [2.45, 2.75) is 31.3 Å². The summed E-state index contributed by atoms with van der Waals surface area (Å²) in [6.45, 7) is 5.09. The summed E-state index contributed by atoms with van der Waals surface area (Å²) in [4.78, 5) is 23.2. The summed E-state index contributed by atoms with van der Waals surface area (Å²) in [6.07, 6.45) is 0. The first-order valence-corrected chi connectivity index (χ1v) is 7.09. The minimum Gasteiger partial charge on any atom is -0.468 e. The second kappa shape index (κ2) is 7.28. The lowest BCUT2D eigenvalue weighted by Gasteiger charge is -2.15. The lowest BCUT2D eigenvalue weighted by molar-refractivity contribution is -0.139. The molecule has 20 heavy (non-hydrogen) atoms. The number of ether oxygens (including phenoxy) is 1. The van der Waals surface area contributed by atoms with Crippen LogP contribution in [0.25, 0.3) is 0 Å². The topological polar surface area (TPSA) is 55.4 Å². The second-order valence-corrected chi connectivity index (χ2v) is 6.10. The number of carbonyl (C=O) groups is 2. The van der Waals surface area contributed by atoms with Gasteiger partial charge in [-0.1, -0.05) is 6.07 Å². The lowest BCUT2D eigenvalue weighted by atomic mass is 10.2. The van der Waals surface area contributed by atoms with Crippen molar-refractivity contribution in [3.63, 3.8) is 0 Å². The third kappa shape index (κ3) is 4.52. The molecule has 1 aromatic rings. The van der Waals surface area contributed by atoms with E-state index in [-0.39, 0.29) is 11.6 Å². The van der Waals surface area contributed by atoms with Crippen molar-refractivity contribution >= 4 is 29.3 Å². The molecule has 0 aliphatic carbocycles. The third-order valence-electron chi connectivity index (χ3n) is 2.69. The summed E-state index contributed by atoms with van der Waals surface area (Å²) in [7, 11) is 1.30. The molecule has 2 unspecified atom stereocenters. The highest BCUT2D eigenvalue weighted by atomic mass is 32.2. The molecule has 1 aromatic carbocycles. The number of methoxy groups -OCH3 is 1. The molecule has 0 radical (unpaired) electrons. The minimum absolute atomic E-state index is 0.138. The molecule has 0 aliphatic heterocycles. The van der Waals surface area contributed by atoms with E-state index < -0.39 is 22.3 Å². The van der Waals surface area contributed by atoms with Gasteiger partial charge in [0, 0.05) is 0 Å². The Hall–Kier alpha value is -1.56. The SMILES string of the molecule is COC(=O)C(C)SC(C)C(=O)Nc1ccc(C)cc1F. The van der Waals surface area contributed by atoms with Gasteiger partial charge >= 0.3 is 5.97 Å². The van der Waals surface area contributed by atoms with E-state index in [1.807, 2.05) is 0 Å². The van der Waals surface area contributed by atoms with E-state index in [9.17, 15) is 14.0 Å². The van der Waals surface area contributed by atoms with Crippen molar-refractivity contribution in [1.29, 1.82) is 0 Å². The molecule has 0 fully saturated rings. The number of anilines is 1. The summed E-state index contributed by atoms with van der Waals surface area (Å²) in [5.74, 6) is -1.22. The Kier molecular flexibility index (Phi) is 6.01. The highest BCUT2D eigenvalue weighted by Gasteiger charge is 2.22. The van der Waals surface area contributed by atoms with Crippen LogP contribution in [0.1, 0.15) is 19.4 Å². The van der Waals surface area contributed by atoms with Gasteiger partial charge in [0.15, 0.2) is 0 Å². The highest BCUT2D eigenvalue weighted by Crippen LogP contribution is 2.21. The van der Waals surface area contributed by atoms with E-state index >= 15 is 0 Å². The quantitative estimate of drug-likeness (QED) is 0.849. The Morgan fingerprint density at radius 1 is 1.30 bits per heavy atom. The Morgan fingerprint density at radius 2 is 1.95 bits per heavy atom. The monoisotopic (exact) mass is 299 g/mol. The van der Waals surface area contributed by atoms with E-state index in [0.717, 1.165) is 17.3 Å².